The lowest BCUT2D eigenvalue weighted by molar-refractivity contribution is 0.351. The third-order valence-electron chi connectivity index (χ3n) is 4.47. The maximum atomic E-state index is 6.35. The monoisotopic (exact) mass is 353 g/mol. The van der Waals surface area contributed by atoms with Crippen LogP contribution in [0.5, 0.6) is 0 Å². The normalized spacial score (nSPS) is 16.3. The molecule has 0 radical (unpaired) electrons. The fourth-order valence-corrected chi connectivity index (χ4v) is 3.78. The first-order valence-corrected chi connectivity index (χ1v) is 8.87. The lowest BCUT2D eigenvalue weighted by atomic mass is 9.99. The first-order chi connectivity index (χ1) is 10.6. The number of thioether (sulfide) groups is 1. The van der Waals surface area contributed by atoms with Crippen LogP contribution in [-0.2, 0) is 12.0 Å². The Bertz CT molecular complexity index is 653. The Labute approximate surface area is 148 Å². The molecule has 1 aromatic heterocycles. The molecule has 0 bridgehead atoms. The predicted molar refractivity (Wildman–Crippen MR) is 96.2 cm³/mol. The molecule has 0 amide bonds. The van der Waals surface area contributed by atoms with Crippen molar-refractivity contribution in [3.63, 3.8) is 0 Å². The van der Waals surface area contributed by atoms with Gasteiger partial charge in [-0.05, 0) is 49.9 Å². The number of nitrogens with zero attached hydrogens (tertiary/aromatic N) is 2. The number of aromatic nitrogens is 2. The molecule has 0 spiro atoms. The molecule has 2 aromatic rings. The van der Waals surface area contributed by atoms with Crippen LogP contribution in [0.4, 0.5) is 0 Å². The third-order valence-corrected chi connectivity index (χ3v) is 5.47. The zero-order chi connectivity index (χ0) is 15.6. The van der Waals surface area contributed by atoms with Crippen LogP contribution in [-0.4, -0.2) is 15.9 Å². The molecular formula is C17H24ClN3OS. The van der Waals surface area contributed by atoms with Crippen LogP contribution in [0.2, 0.25) is 0 Å². The maximum absolute atomic E-state index is 6.35. The second-order valence-electron chi connectivity index (χ2n) is 6.22. The molecular weight excluding hydrogens is 330 g/mol. The second kappa shape index (κ2) is 7.69. The van der Waals surface area contributed by atoms with Crippen molar-refractivity contribution in [1.29, 1.82) is 0 Å². The minimum atomic E-state index is -0.358. The molecule has 0 atom stereocenters. The van der Waals surface area contributed by atoms with Crippen molar-refractivity contribution in [2.24, 2.45) is 5.73 Å². The van der Waals surface area contributed by atoms with Crippen LogP contribution < -0.4 is 5.73 Å². The van der Waals surface area contributed by atoms with Gasteiger partial charge in [0.25, 0.3) is 0 Å². The second-order valence-corrected chi connectivity index (χ2v) is 7.39. The van der Waals surface area contributed by atoms with E-state index in [2.05, 4.69) is 42.2 Å². The van der Waals surface area contributed by atoms with Crippen LogP contribution >= 0.6 is 24.2 Å². The van der Waals surface area contributed by atoms with Crippen LogP contribution in [0.25, 0.3) is 0 Å². The molecule has 1 fully saturated rings. The Morgan fingerprint density at radius 3 is 2.65 bits per heavy atom. The van der Waals surface area contributed by atoms with Crippen LogP contribution in [0.1, 0.15) is 48.5 Å². The molecule has 1 heterocycles. The number of benzene rings is 1. The first-order valence-electron chi connectivity index (χ1n) is 7.89. The lowest BCUT2D eigenvalue weighted by Gasteiger charge is -2.17. The van der Waals surface area contributed by atoms with E-state index in [9.17, 15) is 0 Å². The van der Waals surface area contributed by atoms with Gasteiger partial charge < -0.3 is 10.3 Å². The van der Waals surface area contributed by atoms with E-state index < -0.39 is 0 Å². The van der Waals surface area contributed by atoms with E-state index in [-0.39, 0.29) is 17.9 Å². The topological polar surface area (TPSA) is 64.9 Å². The number of hydrogen-bond acceptors (Lipinski definition) is 5. The largest absolute Gasteiger partial charge is 0.339 e. The zero-order valence-corrected chi connectivity index (χ0v) is 15.3. The summed E-state index contributed by atoms with van der Waals surface area (Å²) in [6, 6.07) is 6.56. The van der Waals surface area contributed by atoms with Crippen LogP contribution in [0, 0.1) is 13.8 Å². The summed E-state index contributed by atoms with van der Waals surface area (Å²) in [7, 11) is 0. The van der Waals surface area contributed by atoms with Gasteiger partial charge >= 0.3 is 0 Å². The van der Waals surface area contributed by atoms with Crippen molar-refractivity contribution in [1.82, 2.24) is 10.1 Å². The predicted octanol–water partition coefficient (Wildman–Crippen LogP) is 4.17. The summed E-state index contributed by atoms with van der Waals surface area (Å²) in [6.45, 7) is 4.28. The van der Waals surface area contributed by atoms with Gasteiger partial charge in [-0.1, -0.05) is 24.1 Å². The van der Waals surface area contributed by atoms with Crippen molar-refractivity contribution in [3.05, 3.63) is 41.0 Å². The highest BCUT2D eigenvalue weighted by Crippen LogP contribution is 2.34. The standard InChI is InChI=1S/C17H23N3OS.ClH/c1-12-5-6-14(11-13(12)2)22-10-7-15-19-16(20-21-15)17(18)8-3-4-9-17;/h5-6,11H,3-4,7-10,18H2,1-2H3;1H. The Morgan fingerprint density at radius 1 is 1.22 bits per heavy atom. The molecule has 23 heavy (non-hydrogen) atoms. The van der Waals surface area contributed by atoms with Gasteiger partial charge in [0.15, 0.2) is 5.82 Å². The highest BCUT2D eigenvalue weighted by Gasteiger charge is 2.35. The van der Waals surface area contributed by atoms with E-state index in [0.29, 0.717) is 11.7 Å². The lowest BCUT2D eigenvalue weighted by Crippen LogP contribution is -2.34. The first kappa shape index (κ1) is 18.3. The molecule has 0 aliphatic heterocycles. The Morgan fingerprint density at radius 2 is 1.96 bits per heavy atom. The van der Waals surface area contributed by atoms with Gasteiger partial charge in [0, 0.05) is 17.1 Å². The van der Waals surface area contributed by atoms with Crippen LogP contribution in [0.15, 0.2) is 27.6 Å². The van der Waals surface area contributed by atoms with Gasteiger partial charge in [0.05, 0.1) is 5.54 Å². The number of aryl methyl sites for hydroxylation is 3. The molecule has 0 unspecified atom stereocenters. The minimum absolute atomic E-state index is 0. The number of nitrogens with two attached hydrogens (primary N) is 1. The Balaban J connectivity index is 0.00000192. The fourth-order valence-electron chi connectivity index (χ4n) is 2.85. The minimum Gasteiger partial charge on any atom is -0.339 e. The van der Waals surface area contributed by atoms with Crippen molar-refractivity contribution in [3.8, 4) is 0 Å². The van der Waals surface area contributed by atoms with Crippen molar-refractivity contribution in [2.75, 3.05) is 5.75 Å². The van der Waals surface area contributed by atoms with Gasteiger partial charge in [-0.3, -0.25) is 0 Å². The molecule has 3 rings (SSSR count). The average Bonchev–Trinajstić information content (AvgIpc) is 3.13. The van der Waals surface area contributed by atoms with Gasteiger partial charge in [-0.15, -0.1) is 24.2 Å². The molecule has 4 nitrogen and oxygen atoms in total. The Kier molecular flexibility index (Phi) is 6.12. The number of rotatable bonds is 5. The molecule has 1 saturated carbocycles. The molecule has 126 valence electrons. The smallest absolute Gasteiger partial charge is 0.227 e. The summed E-state index contributed by atoms with van der Waals surface area (Å²) < 4.78 is 5.37. The quantitative estimate of drug-likeness (QED) is 0.817. The molecule has 1 aromatic carbocycles. The number of hydrogen-bond donors (Lipinski definition) is 1. The van der Waals surface area contributed by atoms with E-state index in [1.54, 1.807) is 0 Å². The average molecular weight is 354 g/mol. The summed E-state index contributed by atoms with van der Waals surface area (Å²) >= 11 is 1.82. The highest BCUT2D eigenvalue weighted by molar-refractivity contribution is 7.99. The van der Waals surface area contributed by atoms with Crippen molar-refractivity contribution >= 4 is 24.2 Å². The molecule has 6 heteroatoms. The summed E-state index contributed by atoms with van der Waals surface area (Å²) in [4.78, 5) is 5.80. The van der Waals surface area contributed by atoms with Gasteiger partial charge in [-0.25, -0.2) is 0 Å². The van der Waals surface area contributed by atoms with Gasteiger partial charge in [-0.2, -0.15) is 4.98 Å². The summed E-state index contributed by atoms with van der Waals surface area (Å²) in [5, 5.41) is 4.10. The van der Waals surface area contributed by atoms with Crippen molar-refractivity contribution in [2.45, 2.75) is 56.4 Å². The SMILES string of the molecule is Cc1ccc(SCCc2nc(C3(N)CCCC3)no2)cc1C.Cl. The number of halogens is 1. The van der Waals surface area contributed by atoms with Crippen LogP contribution in [0.3, 0.4) is 0 Å². The van der Waals surface area contributed by atoms with E-state index >= 15 is 0 Å². The van der Waals surface area contributed by atoms with E-state index in [4.69, 9.17) is 10.3 Å². The molecule has 1 aliphatic carbocycles. The molecule has 1 aliphatic rings. The van der Waals surface area contributed by atoms with E-state index in [1.165, 1.54) is 16.0 Å². The van der Waals surface area contributed by atoms with Gasteiger partial charge in [0.2, 0.25) is 5.89 Å². The summed E-state index contributed by atoms with van der Waals surface area (Å²) in [5.74, 6) is 2.32. The Hall–Kier alpha value is -1.04. The molecule has 0 saturated heterocycles. The van der Waals surface area contributed by atoms with E-state index in [1.807, 2.05) is 11.8 Å². The van der Waals surface area contributed by atoms with Crippen molar-refractivity contribution < 1.29 is 4.52 Å². The summed E-state index contributed by atoms with van der Waals surface area (Å²) in [5.41, 5.74) is 8.66. The van der Waals surface area contributed by atoms with Gasteiger partial charge in [0.1, 0.15) is 0 Å². The summed E-state index contributed by atoms with van der Waals surface area (Å²) in [6.07, 6.45) is 5.01. The molecule has 2 N–H and O–H groups in total. The highest BCUT2D eigenvalue weighted by atomic mass is 35.5. The zero-order valence-electron chi connectivity index (χ0n) is 13.7. The fraction of sp³-hybridized carbons (Fsp3) is 0.529. The third kappa shape index (κ3) is 4.28. The maximum Gasteiger partial charge on any atom is 0.227 e. The van der Waals surface area contributed by atoms with E-state index in [0.717, 1.165) is 37.9 Å².